The maximum atomic E-state index is 9.12. The Morgan fingerprint density at radius 3 is 2.71 bits per heavy atom. The molecule has 1 aromatic carbocycles. The number of rotatable bonds is 1. The number of thiophene rings is 1. The van der Waals surface area contributed by atoms with E-state index in [4.69, 9.17) is 10.0 Å². The molecular weight excluding hydrogens is 215 g/mol. The lowest BCUT2D eigenvalue weighted by Gasteiger charge is -1.95. The van der Waals surface area contributed by atoms with E-state index in [2.05, 4.69) is 12.6 Å². The van der Waals surface area contributed by atoms with Gasteiger partial charge in [-0.15, -0.1) is 24.0 Å². The van der Waals surface area contributed by atoms with E-state index in [0.717, 1.165) is 20.5 Å². The van der Waals surface area contributed by atoms with Gasteiger partial charge in [0.25, 0.3) is 0 Å². The van der Waals surface area contributed by atoms with Gasteiger partial charge < -0.3 is 10.0 Å². The van der Waals surface area contributed by atoms with Crippen LogP contribution < -0.4 is 4.78 Å². The molecule has 0 saturated carbocycles. The van der Waals surface area contributed by atoms with Crippen LogP contribution in [0.3, 0.4) is 0 Å². The Labute approximate surface area is 91.8 Å². The van der Waals surface area contributed by atoms with E-state index in [0.29, 0.717) is 4.78 Å². The molecule has 0 spiro atoms. The van der Waals surface area contributed by atoms with Crippen molar-refractivity contribution in [2.24, 2.45) is 0 Å². The third-order valence-electron chi connectivity index (χ3n) is 2.19. The highest BCUT2D eigenvalue weighted by atomic mass is 32.1. The second-order valence-electron chi connectivity index (χ2n) is 3.15. The standard InChI is InChI=1S/C9H9BO2S2/c1-5-7-4-6(13)2-3-8(7)14-9(5)10(11)12/h2-4,11-13H,1H3. The van der Waals surface area contributed by atoms with Gasteiger partial charge in [0.15, 0.2) is 0 Å². The van der Waals surface area contributed by atoms with Crippen LogP contribution in [0.2, 0.25) is 0 Å². The van der Waals surface area contributed by atoms with E-state index in [1.165, 1.54) is 11.3 Å². The minimum absolute atomic E-state index is 0.610. The fourth-order valence-electron chi connectivity index (χ4n) is 1.47. The fourth-order valence-corrected chi connectivity index (χ4v) is 2.74. The van der Waals surface area contributed by atoms with Crippen molar-refractivity contribution < 1.29 is 10.0 Å². The van der Waals surface area contributed by atoms with E-state index in [9.17, 15) is 0 Å². The summed E-state index contributed by atoms with van der Waals surface area (Å²) in [6, 6.07) is 5.78. The summed E-state index contributed by atoms with van der Waals surface area (Å²) in [5, 5.41) is 19.3. The third kappa shape index (κ3) is 1.57. The first kappa shape index (κ1) is 10.0. The fraction of sp³-hybridized carbons (Fsp3) is 0.111. The van der Waals surface area contributed by atoms with E-state index < -0.39 is 7.12 Å². The molecule has 0 atom stereocenters. The molecule has 0 bridgehead atoms. The lowest BCUT2D eigenvalue weighted by molar-refractivity contribution is 0.426. The first-order valence-electron chi connectivity index (χ1n) is 4.17. The number of hydrogen-bond donors (Lipinski definition) is 3. The molecule has 2 aromatic rings. The summed E-state index contributed by atoms with van der Waals surface area (Å²) in [4.78, 5) is 0.886. The average molecular weight is 224 g/mol. The van der Waals surface area contributed by atoms with Gasteiger partial charge in [-0.05, 0) is 36.1 Å². The van der Waals surface area contributed by atoms with Crippen molar-refractivity contribution in [3.8, 4) is 0 Å². The molecule has 5 heteroatoms. The molecule has 1 aromatic heterocycles. The van der Waals surface area contributed by atoms with Crippen molar-refractivity contribution in [3.63, 3.8) is 0 Å². The van der Waals surface area contributed by atoms with E-state index in [-0.39, 0.29) is 0 Å². The average Bonchev–Trinajstić information content (AvgIpc) is 2.44. The van der Waals surface area contributed by atoms with Crippen LogP contribution in [-0.2, 0) is 0 Å². The molecular formula is C9H9BO2S2. The van der Waals surface area contributed by atoms with Gasteiger partial charge in [-0.1, -0.05) is 0 Å². The largest absolute Gasteiger partial charge is 0.499 e. The SMILES string of the molecule is Cc1c(B(O)O)sc2ccc(S)cc12. The number of fused-ring (bicyclic) bond motifs is 1. The zero-order chi connectivity index (χ0) is 10.3. The molecule has 0 unspecified atom stereocenters. The van der Waals surface area contributed by atoms with Crippen molar-refractivity contribution in [2.75, 3.05) is 0 Å². The molecule has 0 saturated heterocycles. The van der Waals surface area contributed by atoms with Gasteiger partial charge in [0.2, 0.25) is 0 Å². The van der Waals surface area contributed by atoms with Crippen LogP contribution in [0.15, 0.2) is 23.1 Å². The number of aryl methyl sites for hydroxylation is 1. The van der Waals surface area contributed by atoms with Gasteiger partial charge in [0.05, 0.1) is 0 Å². The van der Waals surface area contributed by atoms with Gasteiger partial charge in [0, 0.05) is 14.4 Å². The summed E-state index contributed by atoms with van der Waals surface area (Å²) >= 11 is 5.65. The van der Waals surface area contributed by atoms with Gasteiger partial charge in [-0.2, -0.15) is 0 Å². The van der Waals surface area contributed by atoms with Crippen LogP contribution in [0, 0.1) is 6.92 Å². The predicted octanol–water partition coefficient (Wildman–Crippen LogP) is 1.18. The monoisotopic (exact) mass is 224 g/mol. The molecule has 0 radical (unpaired) electrons. The van der Waals surface area contributed by atoms with Crippen molar-refractivity contribution >= 4 is 45.9 Å². The Kier molecular flexibility index (Phi) is 2.57. The Hall–Kier alpha value is -0.485. The Morgan fingerprint density at radius 2 is 2.07 bits per heavy atom. The first-order valence-corrected chi connectivity index (χ1v) is 5.44. The minimum atomic E-state index is -1.38. The lowest BCUT2D eigenvalue weighted by Crippen LogP contribution is -2.28. The quantitative estimate of drug-likeness (QED) is 0.502. The van der Waals surface area contributed by atoms with Crippen molar-refractivity contribution in [2.45, 2.75) is 11.8 Å². The summed E-state index contributed by atoms with van der Waals surface area (Å²) in [5.41, 5.74) is 0.927. The minimum Gasteiger partial charge on any atom is -0.423 e. The Bertz CT molecular complexity index is 479. The topological polar surface area (TPSA) is 40.5 Å². The van der Waals surface area contributed by atoms with Crippen molar-refractivity contribution in [3.05, 3.63) is 23.8 Å². The Balaban J connectivity index is 2.74. The van der Waals surface area contributed by atoms with Gasteiger partial charge >= 0.3 is 7.12 Å². The second-order valence-corrected chi connectivity index (χ2v) is 4.75. The summed E-state index contributed by atoms with van der Waals surface area (Å²) in [5.74, 6) is 0. The summed E-state index contributed by atoms with van der Waals surface area (Å²) < 4.78 is 1.67. The highest BCUT2D eigenvalue weighted by Crippen LogP contribution is 2.26. The molecule has 2 nitrogen and oxygen atoms in total. The molecule has 72 valence electrons. The highest BCUT2D eigenvalue weighted by molar-refractivity contribution is 7.80. The van der Waals surface area contributed by atoms with E-state index >= 15 is 0 Å². The molecule has 1 heterocycles. The van der Waals surface area contributed by atoms with Crippen molar-refractivity contribution in [1.82, 2.24) is 0 Å². The zero-order valence-corrected chi connectivity index (χ0v) is 9.27. The molecule has 0 aliphatic rings. The normalized spacial score (nSPS) is 10.9. The predicted molar refractivity (Wildman–Crippen MR) is 63.6 cm³/mol. The maximum absolute atomic E-state index is 9.12. The van der Waals surface area contributed by atoms with E-state index in [1.807, 2.05) is 25.1 Å². The zero-order valence-electron chi connectivity index (χ0n) is 7.56. The van der Waals surface area contributed by atoms with Crippen LogP contribution in [-0.4, -0.2) is 17.2 Å². The van der Waals surface area contributed by atoms with Gasteiger partial charge in [-0.25, -0.2) is 0 Å². The number of benzene rings is 1. The second kappa shape index (κ2) is 3.58. The number of hydrogen-bond acceptors (Lipinski definition) is 4. The van der Waals surface area contributed by atoms with Crippen LogP contribution in [0.25, 0.3) is 10.1 Å². The molecule has 0 fully saturated rings. The molecule has 0 aliphatic carbocycles. The summed E-state index contributed by atoms with van der Waals surface area (Å²) in [6.45, 7) is 1.89. The van der Waals surface area contributed by atoms with E-state index in [1.54, 1.807) is 0 Å². The molecule has 2 N–H and O–H groups in total. The maximum Gasteiger partial charge on any atom is 0.499 e. The number of thiol groups is 1. The van der Waals surface area contributed by atoms with Crippen LogP contribution in [0.5, 0.6) is 0 Å². The molecule has 0 aliphatic heterocycles. The molecule has 14 heavy (non-hydrogen) atoms. The van der Waals surface area contributed by atoms with Crippen LogP contribution in [0.4, 0.5) is 0 Å². The van der Waals surface area contributed by atoms with Gasteiger partial charge in [-0.3, -0.25) is 0 Å². The highest BCUT2D eigenvalue weighted by Gasteiger charge is 2.18. The third-order valence-corrected chi connectivity index (χ3v) is 3.78. The summed E-state index contributed by atoms with van der Waals surface area (Å²) in [6.07, 6.45) is 0. The van der Waals surface area contributed by atoms with Gasteiger partial charge in [0.1, 0.15) is 0 Å². The van der Waals surface area contributed by atoms with Crippen molar-refractivity contribution in [1.29, 1.82) is 0 Å². The van der Waals surface area contributed by atoms with Crippen LogP contribution >= 0.6 is 24.0 Å². The lowest BCUT2D eigenvalue weighted by atomic mass is 9.86. The summed E-state index contributed by atoms with van der Waals surface area (Å²) in [7, 11) is -1.38. The molecule has 0 amide bonds. The Morgan fingerprint density at radius 1 is 1.36 bits per heavy atom. The van der Waals surface area contributed by atoms with Crippen LogP contribution in [0.1, 0.15) is 5.56 Å². The molecule has 2 rings (SSSR count). The smallest absolute Gasteiger partial charge is 0.423 e. The first-order chi connectivity index (χ1) is 6.59.